The van der Waals surface area contributed by atoms with Gasteiger partial charge in [0.1, 0.15) is 12.4 Å². The molecule has 0 saturated carbocycles. The molecule has 0 radical (unpaired) electrons. The summed E-state index contributed by atoms with van der Waals surface area (Å²) in [6.07, 6.45) is 2.94. The van der Waals surface area contributed by atoms with Gasteiger partial charge in [-0.25, -0.2) is 9.67 Å². The summed E-state index contributed by atoms with van der Waals surface area (Å²) in [4.78, 5) is 17.3. The Balaban J connectivity index is 2.58. The Morgan fingerprint density at radius 3 is 2.54 bits per heavy atom. The SMILES string of the molecule is CCNc1c(/N=C2\C=C(OCCO)C(=N)C=C2N)c(=O)n(CC)n1CC. The fourth-order valence-electron chi connectivity index (χ4n) is 2.74. The van der Waals surface area contributed by atoms with Crippen molar-refractivity contribution in [3.05, 3.63) is 34.0 Å². The van der Waals surface area contributed by atoms with Gasteiger partial charge in [0.25, 0.3) is 5.56 Å². The maximum Gasteiger partial charge on any atom is 0.294 e. The van der Waals surface area contributed by atoms with Crippen LogP contribution in [0.3, 0.4) is 0 Å². The number of aliphatic hydroxyl groups excluding tert-OH is 1. The minimum Gasteiger partial charge on any atom is -0.489 e. The molecule has 0 aliphatic heterocycles. The zero-order valence-electron chi connectivity index (χ0n) is 15.4. The largest absolute Gasteiger partial charge is 0.489 e. The van der Waals surface area contributed by atoms with Crippen LogP contribution in [-0.2, 0) is 17.8 Å². The van der Waals surface area contributed by atoms with Crippen LogP contribution in [-0.4, -0.2) is 45.7 Å². The van der Waals surface area contributed by atoms with Gasteiger partial charge in [-0.1, -0.05) is 0 Å². The lowest BCUT2D eigenvalue weighted by molar-refractivity contribution is 0.156. The second-order valence-corrected chi connectivity index (χ2v) is 5.56. The molecule has 0 saturated heterocycles. The number of hydrogen-bond donors (Lipinski definition) is 4. The normalized spacial score (nSPS) is 15.8. The van der Waals surface area contributed by atoms with Crippen LogP contribution in [0.25, 0.3) is 0 Å². The van der Waals surface area contributed by atoms with Crippen molar-refractivity contribution in [2.45, 2.75) is 33.9 Å². The highest BCUT2D eigenvalue weighted by atomic mass is 16.5. The Bertz CT molecular complexity index is 828. The Morgan fingerprint density at radius 2 is 1.96 bits per heavy atom. The first kappa shape index (κ1) is 19.5. The molecule has 1 aliphatic carbocycles. The van der Waals surface area contributed by atoms with E-state index in [0.717, 1.165) is 0 Å². The van der Waals surface area contributed by atoms with E-state index in [0.29, 0.717) is 31.2 Å². The molecule has 0 bridgehead atoms. The van der Waals surface area contributed by atoms with Gasteiger partial charge < -0.3 is 20.9 Å². The molecule has 1 aromatic heterocycles. The highest BCUT2D eigenvalue weighted by Gasteiger charge is 2.21. The number of aromatic nitrogens is 2. The van der Waals surface area contributed by atoms with E-state index in [9.17, 15) is 4.79 Å². The second kappa shape index (κ2) is 8.52. The van der Waals surface area contributed by atoms with Crippen LogP contribution in [0.1, 0.15) is 20.8 Å². The van der Waals surface area contributed by atoms with Gasteiger partial charge in [-0.2, -0.15) is 0 Å². The molecule has 142 valence electrons. The minimum absolute atomic E-state index is 0.0622. The van der Waals surface area contributed by atoms with E-state index in [2.05, 4.69) is 10.3 Å². The summed E-state index contributed by atoms with van der Waals surface area (Å²) in [7, 11) is 0. The Morgan fingerprint density at radius 1 is 1.27 bits per heavy atom. The molecular formula is C17H26N6O3. The van der Waals surface area contributed by atoms with E-state index in [1.165, 1.54) is 12.2 Å². The molecule has 0 spiro atoms. The quantitative estimate of drug-likeness (QED) is 0.512. The number of anilines is 1. The Labute approximate surface area is 152 Å². The zero-order valence-corrected chi connectivity index (χ0v) is 15.4. The number of nitrogens with two attached hydrogens (primary N) is 1. The average Bonchev–Trinajstić information content (AvgIpc) is 2.87. The summed E-state index contributed by atoms with van der Waals surface area (Å²) in [5.74, 6) is 0.886. The fraction of sp³-hybridized carbons (Fsp3) is 0.471. The third-order valence-corrected chi connectivity index (χ3v) is 3.86. The summed E-state index contributed by atoms with van der Waals surface area (Å²) < 4.78 is 8.81. The summed E-state index contributed by atoms with van der Waals surface area (Å²) in [6.45, 7) is 7.48. The van der Waals surface area contributed by atoms with E-state index in [1.807, 2.05) is 25.5 Å². The number of nitrogens with one attached hydrogen (secondary N) is 2. The molecule has 0 amide bonds. The van der Waals surface area contributed by atoms with E-state index in [-0.39, 0.29) is 41.6 Å². The van der Waals surface area contributed by atoms with Crippen LogP contribution < -0.4 is 16.6 Å². The number of aliphatic imine (C=N–C) groups is 1. The summed E-state index contributed by atoms with van der Waals surface area (Å²) in [5.41, 5.74) is 6.78. The highest BCUT2D eigenvalue weighted by molar-refractivity contribution is 6.22. The van der Waals surface area contributed by atoms with Gasteiger partial charge in [0.05, 0.1) is 23.7 Å². The maximum atomic E-state index is 12.8. The van der Waals surface area contributed by atoms with Crippen molar-refractivity contribution in [2.24, 2.45) is 10.7 Å². The van der Waals surface area contributed by atoms with Gasteiger partial charge in [-0.15, -0.1) is 0 Å². The van der Waals surface area contributed by atoms with Crippen molar-refractivity contribution < 1.29 is 9.84 Å². The maximum absolute atomic E-state index is 12.8. The first-order valence-corrected chi connectivity index (χ1v) is 8.66. The van der Waals surface area contributed by atoms with Crippen LogP contribution in [0.5, 0.6) is 0 Å². The van der Waals surface area contributed by atoms with Crippen molar-refractivity contribution in [1.82, 2.24) is 9.36 Å². The molecule has 26 heavy (non-hydrogen) atoms. The van der Waals surface area contributed by atoms with Crippen molar-refractivity contribution in [3.63, 3.8) is 0 Å². The molecule has 0 unspecified atom stereocenters. The molecular weight excluding hydrogens is 336 g/mol. The summed E-state index contributed by atoms with van der Waals surface area (Å²) in [5, 5.41) is 20.0. The van der Waals surface area contributed by atoms with Crippen LogP contribution in [0.2, 0.25) is 0 Å². The van der Waals surface area contributed by atoms with E-state index in [4.69, 9.17) is 21.0 Å². The standard InChI is InChI=1S/C17H26N6O3/c1-4-20-16-15(17(25)23(6-3)22(16)5-2)21-13-10-14(26-8-7-24)12(19)9-11(13)18/h9-10,19-20,24H,4-8,18H2,1-3H3/b19-12?,21-13+. The molecule has 9 heteroatoms. The van der Waals surface area contributed by atoms with Crippen LogP contribution >= 0.6 is 0 Å². The second-order valence-electron chi connectivity index (χ2n) is 5.56. The Kier molecular flexibility index (Phi) is 6.40. The predicted molar refractivity (Wildman–Crippen MR) is 102 cm³/mol. The van der Waals surface area contributed by atoms with E-state index in [1.54, 1.807) is 4.68 Å². The smallest absolute Gasteiger partial charge is 0.294 e. The van der Waals surface area contributed by atoms with Gasteiger partial charge in [-0.3, -0.25) is 14.9 Å². The average molecular weight is 362 g/mol. The first-order chi connectivity index (χ1) is 12.5. The lowest BCUT2D eigenvalue weighted by Gasteiger charge is -2.15. The van der Waals surface area contributed by atoms with Gasteiger partial charge in [0.15, 0.2) is 11.5 Å². The molecule has 2 rings (SSSR count). The van der Waals surface area contributed by atoms with E-state index >= 15 is 0 Å². The number of ether oxygens (including phenoxy) is 1. The molecule has 1 aliphatic rings. The first-order valence-electron chi connectivity index (χ1n) is 8.66. The van der Waals surface area contributed by atoms with Gasteiger partial charge in [-0.05, 0) is 26.8 Å². The van der Waals surface area contributed by atoms with Gasteiger partial charge >= 0.3 is 0 Å². The number of allylic oxidation sites excluding steroid dienone is 2. The highest BCUT2D eigenvalue weighted by Crippen LogP contribution is 2.24. The molecule has 5 N–H and O–H groups in total. The lowest BCUT2D eigenvalue weighted by atomic mass is 10.1. The zero-order chi connectivity index (χ0) is 19.3. The molecule has 9 nitrogen and oxygen atoms in total. The van der Waals surface area contributed by atoms with Crippen LogP contribution in [0.15, 0.2) is 33.4 Å². The number of nitrogens with zero attached hydrogens (tertiary/aromatic N) is 3. The molecule has 1 aromatic rings. The van der Waals surface area contributed by atoms with Crippen molar-refractivity contribution in [3.8, 4) is 0 Å². The van der Waals surface area contributed by atoms with Crippen molar-refractivity contribution in [1.29, 1.82) is 5.41 Å². The number of rotatable bonds is 8. The molecule has 1 heterocycles. The number of aliphatic hydroxyl groups is 1. The Hall–Kier alpha value is -2.81. The summed E-state index contributed by atoms with van der Waals surface area (Å²) in [6, 6.07) is 0. The monoisotopic (exact) mass is 362 g/mol. The van der Waals surface area contributed by atoms with Crippen LogP contribution in [0, 0.1) is 5.41 Å². The fourth-order valence-corrected chi connectivity index (χ4v) is 2.74. The minimum atomic E-state index is -0.211. The number of hydrogen-bond acceptors (Lipinski definition) is 7. The lowest BCUT2D eigenvalue weighted by Crippen LogP contribution is -2.22. The third-order valence-electron chi connectivity index (χ3n) is 3.86. The molecule has 0 fully saturated rings. The van der Waals surface area contributed by atoms with Crippen molar-refractivity contribution >= 4 is 22.9 Å². The van der Waals surface area contributed by atoms with Gasteiger partial charge in [0.2, 0.25) is 0 Å². The molecule has 0 atom stereocenters. The van der Waals surface area contributed by atoms with Gasteiger partial charge in [0, 0.05) is 25.7 Å². The van der Waals surface area contributed by atoms with E-state index < -0.39 is 0 Å². The summed E-state index contributed by atoms with van der Waals surface area (Å²) >= 11 is 0. The topological polar surface area (TPSA) is 131 Å². The molecule has 0 aromatic carbocycles. The van der Waals surface area contributed by atoms with Crippen molar-refractivity contribution in [2.75, 3.05) is 25.1 Å². The predicted octanol–water partition coefficient (Wildman–Crippen LogP) is 0.963. The third kappa shape index (κ3) is 3.72. The van der Waals surface area contributed by atoms with Crippen LogP contribution in [0.4, 0.5) is 11.5 Å².